The predicted molar refractivity (Wildman–Crippen MR) is 179 cm³/mol. The highest BCUT2D eigenvalue weighted by atomic mass is 19.1. The van der Waals surface area contributed by atoms with Gasteiger partial charge in [-0.25, -0.2) is 9.29 Å². The van der Waals surface area contributed by atoms with Gasteiger partial charge in [-0.15, -0.1) is 0 Å². The molecule has 1 aromatic heterocycles. The maximum Gasteiger partial charge on any atom is 0.271 e. The molecule has 7 rings (SSSR count). The van der Waals surface area contributed by atoms with E-state index in [1.807, 2.05) is 54.6 Å². The maximum absolute atomic E-state index is 14.2. The lowest BCUT2D eigenvalue weighted by Crippen LogP contribution is -2.35. The Labute approximate surface area is 281 Å². The molecular weight excluding hydrogens is 629 g/mol. The largest absolute Gasteiger partial charge is 0.505 e. The molecule has 2 saturated heterocycles. The van der Waals surface area contributed by atoms with Gasteiger partial charge in [-0.2, -0.15) is 0 Å². The van der Waals surface area contributed by atoms with Gasteiger partial charge in [0, 0.05) is 24.2 Å². The number of non-ortho nitro benzene ring substituents is 1. The third-order valence-corrected chi connectivity index (χ3v) is 9.45. The van der Waals surface area contributed by atoms with Crippen LogP contribution in [0.2, 0.25) is 0 Å². The smallest absolute Gasteiger partial charge is 0.271 e. The number of halogens is 1. The molecule has 3 heterocycles. The normalized spacial score (nSPS) is 21.9. The van der Waals surface area contributed by atoms with E-state index < -0.39 is 46.2 Å². The Bertz CT molecular complexity index is 1980. The number of rotatable bonds is 10. The highest BCUT2D eigenvalue weighted by molar-refractivity contribution is 6.22. The fraction of sp³-hybridized carbons (Fsp3) is 0.237. The van der Waals surface area contributed by atoms with Crippen molar-refractivity contribution in [1.29, 1.82) is 0 Å². The molecule has 0 bridgehead atoms. The van der Waals surface area contributed by atoms with Gasteiger partial charge in [-0.05, 0) is 90.1 Å². The van der Waals surface area contributed by atoms with Crippen LogP contribution >= 0.6 is 0 Å². The van der Waals surface area contributed by atoms with Crippen LogP contribution < -0.4 is 9.64 Å². The number of pyridine rings is 1. The molecule has 3 aliphatic rings. The van der Waals surface area contributed by atoms with Crippen molar-refractivity contribution in [2.24, 2.45) is 17.8 Å². The number of phenols is 1. The van der Waals surface area contributed by atoms with E-state index in [2.05, 4.69) is 4.98 Å². The number of hydrogen-bond acceptors (Lipinski definition) is 8. The minimum absolute atomic E-state index is 0.175. The van der Waals surface area contributed by atoms with E-state index in [0.717, 1.165) is 21.6 Å². The van der Waals surface area contributed by atoms with Crippen LogP contribution in [-0.2, 0) is 14.3 Å². The third kappa shape index (κ3) is 6.32. The van der Waals surface area contributed by atoms with E-state index in [0.29, 0.717) is 29.8 Å². The van der Waals surface area contributed by atoms with Crippen LogP contribution in [0.15, 0.2) is 108 Å². The van der Waals surface area contributed by atoms with Crippen LogP contribution in [0.3, 0.4) is 0 Å². The summed E-state index contributed by atoms with van der Waals surface area (Å²) in [6, 6.07) is 24.6. The number of amides is 2. The van der Waals surface area contributed by atoms with Gasteiger partial charge in [0.25, 0.3) is 5.69 Å². The summed E-state index contributed by atoms with van der Waals surface area (Å²) in [6.45, 7) is 0.427. The molecule has 0 saturated carbocycles. The number of phenolic OH excluding ortho intramolecular Hbond substituents is 1. The number of nitro benzene ring substituents is 1. The number of aromatic nitrogens is 1. The van der Waals surface area contributed by atoms with Gasteiger partial charge in [0.2, 0.25) is 11.8 Å². The lowest BCUT2D eigenvalue weighted by atomic mass is 9.69. The second-order valence-corrected chi connectivity index (χ2v) is 12.3. The van der Waals surface area contributed by atoms with Gasteiger partial charge in [0.15, 0.2) is 11.6 Å². The molecule has 49 heavy (non-hydrogen) atoms. The second-order valence-electron chi connectivity index (χ2n) is 12.3. The Kier molecular flexibility index (Phi) is 8.75. The standard InChI is InChI=1S/C38H32FN3O7/c39-31-18-23(12-14-33(31)43)17-24(32-11-4-5-16-40-32)13-15-34-35-25(21-48-28-9-2-1-3-10-28)19-29-36(30(35)22-49-34)38(45)41(37(29)44)26-7-6-8-27(20-26)42(46)47/h1-12,14,16-18,20,29-30,34,36,43H,13,15,19,21-22H2/b24-17-/t29-,30+,34-,36-/m1/s1. The molecule has 248 valence electrons. The first kappa shape index (κ1) is 31.9. The number of carbonyl (C=O) groups is 2. The highest BCUT2D eigenvalue weighted by Gasteiger charge is 2.57. The molecular formula is C38H32FN3O7. The summed E-state index contributed by atoms with van der Waals surface area (Å²) in [5, 5.41) is 21.2. The van der Waals surface area contributed by atoms with Crippen molar-refractivity contribution < 1.29 is 33.5 Å². The first-order valence-electron chi connectivity index (χ1n) is 16.0. The third-order valence-electron chi connectivity index (χ3n) is 9.45. The van der Waals surface area contributed by atoms with Crippen LogP contribution in [0.1, 0.15) is 30.5 Å². The number of imide groups is 1. The molecule has 4 aromatic rings. The summed E-state index contributed by atoms with van der Waals surface area (Å²) in [6.07, 6.45) is 4.42. The lowest BCUT2D eigenvalue weighted by molar-refractivity contribution is -0.384. The summed E-state index contributed by atoms with van der Waals surface area (Å²) < 4.78 is 26.8. The van der Waals surface area contributed by atoms with Gasteiger partial charge < -0.3 is 14.6 Å². The van der Waals surface area contributed by atoms with Crippen LogP contribution in [0.5, 0.6) is 11.5 Å². The van der Waals surface area contributed by atoms with Crippen molar-refractivity contribution in [3.63, 3.8) is 0 Å². The van der Waals surface area contributed by atoms with Crippen molar-refractivity contribution >= 4 is 34.8 Å². The van der Waals surface area contributed by atoms with Crippen molar-refractivity contribution in [3.05, 3.63) is 136 Å². The van der Waals surface area contributed by atoms with Gasteiger partial charge >= 0.3 is 0 Å². The zero-order chi connectivity index (χ0) is 34.1. The Morgan fingerprint density at radius 2 is 1.84 bits per heavy atom. The minimum Gasteiger partial charge on any atom is -0.505 e. The number of para-hydroxylation sites is 1. The zero-order valence-corrected chi connectivity index (χ0v) is 26.3. The molecule has 2 amide bonds. The van der Waals surface area contributed by atoms with Crippen LogP contribution in [0.25, 0.3) is 11.6 Å². The summed E-state index contributed by atoms with van der Waals surface area (Å²) in [5.74, 6) is -3.01. The maximum atomic E-state index is 14.2. The molecule has 0 spiro atoms. The molecule has 2 aliphatic heterocycles. The van der Waals surface area contributed by atoms with E-state index in [9.17, 15) is 29.2 Å². The Hall–Kier alpha value is -5.68. The van der Waals surface area contributed by atoms with Gasteiger partial charge in [0.05, 0.1) is 40.9 Å². The lowest BCUT2D eigenvalue weighted by Gasteiger charge is -2.31. The molecule has 1 N–H and O–H groups in total. The number of nitro groups is 1. The van der Waals surface area contributed by atoms with E-state index in [4.69, 9.17) is 9.47 Å². The first-order chi connectivity index (χ1) is 23.8. The number of benzene rings is 3. The molecule has 10 nitrogen and oxygen atoms in total. The molecule has 3 aromatic carbocycles. The molecule has 0 unspecified atom stereocenters. The fourth-order valence-corrected chi connectivity index (χ4v) is 7.22. The number of hydrogen-bond donors (Lipinski definition) is 1. The average Bonchev–Trinajstić information content (AvgIpc) is 3.65. The number of allylic oxidation sites excluding steroid dienone is 1. The van der Waals surface area contributed by atoms with Crippen LogP contribution in [-0.4, -0.2) is 46.1 Å². The minimum atomic E-state index is -0.726. The van der Waals surface area contributed by atoms with Crippen LogP contribution in [0.4, 0.5) is 15.8 Å². The number of fused-ring (bicyclic) bond motifs is 3. The fourth-order valence-electron chi connectivity index (χ4n) is 7.22. The Morgan fingerprint density at radius 1 is 1.02 bits per heavy atom. The van der Waals surface area contributed by atoms with Crippen molar-refractivity contribution in [3.8, 4) is 11.5 Å². The number of carbonyl (C=O) groups excluding carboxylic acids is 2. The molecule has 0 radical (unpaired) electrons. The molecule has 4 atom stereocenters. The van der Waals surface area contributed by atoms with Crippen molar-refractivity contribution in [2.45, 2.75) is 25.4 Å². The Balaban J connectivity index is 1.20. The number of ether oxygens (including phenoxy) is 2. The number of nitrogens with zero attached hydrogens (tertiary/aromatic N) is 3. The SMILES string of the molecule is O=C1[C@@H]2[C@@H](CC(COc3ccccc3)=C3[C@@H](CC/C(=C/c4ccc(O)c(F)c4)c4ccccn4)OC[C@@H]32)C(=O)N1c1cccc([N+](=O)[O-])c1. The average molecular weight is 662 g/mol. The molecule has 2 fully saturated rings. The predicted octanol–water partition coefficient (Wildman–Crippen LogP) is 6.76. The molecule has 1 aliphatic carbocycles. The van der Waals surface area contributed by atoms with E-state index >= 15 is 0 Å². The van der Waals surface area contributed by atoms with E-state index in [1.165, 1.54) is 36.4 Å². The second kappa shape index (κ2) is 13.4. The summed E-state index contributed by atoms with van der Waals surface area (Å²) in [7, 11) is 0. The van der Waals surface area contributed by atoms with Crippen LogP contribution in [0, 0.1) is 33.7 Å². The zero-order valence-electron chi connectivity index (χ0n) is 26.3. The van der Waals surface area contributed by atoms with Gasteiger partial charge in [0.1, 0.15) is 12.4 Å². The van der Waals surface area contributed by atoms with Crippen molar-refractivity contribution in [1.82, 2.24) is 4.98 Å². The van der Waals surface area contributed by atoms with Gasteiger partial charge in [-0.3, -0.25) is 24.7 Å². The van der Waals surface area contributed by atoms with E-state index in [1.54, 1.807) is 12.3 Å². The van der Waals surface area contributed by atoms with Crippen molar-refractivity contribution in [2.75, 3.05) is 18.1 Å². The van der Waals surface area contributed by atoms with E-state index in [-0.39, 0.29) is 36.9 Å². The summed E-state index contributed by atoms with van der Waals surface area (Å²) in [5.41, 5.74) is 3.90. The highest BCUT2D eigenvalue weighted by Crippen LogP contribution is 2.51. The number of aromatic hydroxyl groups is 1. The quantitative estimate of drug-likeness (QED) is 0.0854. The van der Waals surface area contributed by atoms with Gasteiger partial charge in [-0.1, -0.05) is 36.4 Å². The number of anilines is 1. The molecule has 11 heteroatoms. The summed E-state index contributed by atoms with van der Waals surface area (Å²) >= 11 is 0. The monoisotopic (exact) mass is 661 g/mol. The first-order valence-corrected chi connectivity index (χ1v) is 16.0. The summed E-state index contributed by atoms with van der Waals surface area (Å²) in [4.78, 5) is 44.5. The topological polar surface area (TPSA) is 132 Å². The Morgan fingerprint density at radius 3 is 2.59 bits per heavy atom.